The summed E-state index contributed by atoms with van der Waals surface area (Å²) in [5, 5.41) is 3.25. The lowest BCUT2D eigenvalue weighted by atomic mass is 10.1. The van der Waals surface area contributed by atoms with Gasteiger partial charge in [0.1, 0.15) is 0 Å². The molecule has 0 aromatic heterocycles. The minimum atomic E-state index is -0.158. The Hall–Kier alpha value is -0.730. The molecule has 0 aliphatic carbocycles. The molecule has 1 N–H and O–H groups in total. The molecule has 0 bridgehead atoms. The molecule has 0 spiro atoms. The maximum Gasteiger partial charge on any atom is 0.257 e. The molecule has 1 aliphatic heterocycles. The highest BCUT2D eigenvalue weighted by molar-refractivity contribution is 14.1. The van der Waals surface area contributed by atoms with Crippen LogP contribution in [0.15, 0.2) is 18.2 Å². The van der Waals surface area contributed by atoms with Crippen LogP contribution in [-0.4, -0.2) is 42.2 Å². The third-order valence-corrected chi connectivity index (χ3v) is 4.48. The summed E-state index contributed by atoms with van der Waals surface area (Å²) in [5.74, 6) is -0.158. The van der Waals surface area contributed by atoms with E-state index in [-0.39, 0.29) is 5.91 Å². The molecule has 6 heteroatoms. The number of carbonyl (C=O) groups is 1. The fourth-order valence-electron chi connectivity index (χ4n) is 1.75. The average molecular weight is 390 g/mol. The van der Waals surface area contributed by atoms with Crippen molar-refractivity contribution in [2.24, 2.45) is 0 Å². The van der Waals surface area contributed by atoms with Gasteiger partial charge in [-0.3, -0.25) is 10.1 Å². The molecule has 1 aliphatic rings. The lowest BCUT2D eigenvalue weighted by molar-refractivity contribution is 0.0669. The van der Waals surface area contributed by atoms with Gasteiger partial charge in [-0.1, -0.05) is 6.07 Å². The van der Waals surface area contributed by atoms with Crippen molar-refractivity contribution in [2.75, 3.05) is 26.3 Å². The van der Waals surface area contributed by atoms with E-state index < -0.39 is 0 Å². The number of amides is 1. The minimum absolute atomic E-state index is 0.158. The summed E-state index contributed by atoms with van der Waals surface area (Å²) in [7, 11) is 0. The van der Waals surface area contributed by atoms with Crippen molar-refractivity contribution in [3.63, 3.8) is 0 Å². The highest BCUT2D eigenvalue weighted by atomic mass is 127. The van der Waals surface area contributed by atoms with Crippen LogP contribution in [-0.2, 0) is 4.74 Å². The van der Waals surface area contributed by atoms with Crippen LogP contribution in [0.5, 0.6) is 0 Å². The number of carbonyl (C=O) groups excluding carboxylic acids is 1. The number of benzene rings is 1. The average Bonchev–Trinajstić information content (AvgIpc) is 2.42. The van der Waals surface area contributed by atoms with E-state index in [9.17, 15) is 4.79 Å². The van der Waals surface area contributed by atoms with Gasteiger partial charge in [0, 0.05) is 22.2 Å². The Morgan fingerprint density at radius 2 is 2.11 bits per heavy atom. The van der Waals surface area contributed by atoms with Crippen molar-refractivity contribution >= 4 is 45.8 Å². The van der Waals surface area contributed by atoms with Crippen LogP contribution in [0.25, 0.3) is 0 Å². The lowest BCUT2D eigenvalue weighted by Crippen LogP contribution is -2.47. The Balaban J connectivity index is 1.99. The third-order valence-electron chi connectivity index (χ3n) is 2.95. The van der Waals surface area contributed by atoms with Gasteiger partial charge < -0.3 is 9.64 Å². The van der Waals surface area contributed by atoms with E-state index >= 15 is 0 Å². The van der Waals surface area contributed by atoms with Crippen molar-refractivity contribution in [1.29, 1.82) is 0 Å². The van der Waals surface area contributed by atoms with Crippen LogP contribution in [0.4, 0.5) is 0 Å². The Labute approximate surface area is 131 Å². The smallest absolute Gasteiger partial charge is 0.257 e. The normalized spacial score (nSPS) is 15.2. The topological polar surface area (TPSA) is 41.6 Å². The first kappa shape index (κ1) is 14.7. The van der Waals surface area contributed by atoms with Crippen molar-refractivity contribution in [1.82, 2.24) is 10.2 Å². The molecular weight excluding hydrogens is 375 g/mol. The second-order valence-corrected chi connectivity index (χ2v) is 5.87. The van der Waals surface area contributed by atoms with E-state index in [1.54, 1.807) is 0 Å². The Morgan fingerprint density at radius 3 is 2.74 bits per heavy atom. The summed E-state index contributed by atoms with van der Waals surface area (Å²) in [5.41, 5.74) is 1.79. The van der Waals surface area contributed by atoms with Crippen molar-refractivity contribution in [2.45, 2.75) is 6.92 Å². The highest BCUT2D eigenvalue weighted by Gasteiger charge is 2.16. The molecule has 1 aromatic carbocycles. The first-order chi connectivity index (χ1) is 9.08. The molecule has 1 saturated heterocycles. The van der Waals surface area contributed by atoms with Gasteiger partial charge in [0.2, 0.25) is 0 Å². The number of halogens is 1. The van der Waals surface area contributed by atoms with Crippen LogP contribution in [0.1, 0.15) is 15.9 Å². The van der Waals surface area contributed by atoms with Crippen LogP contribution in [0.3, 0.4) is 0 Å². The standard InChI is InChI=1S/C13H15IN2O2S/c1-9-2-3-10(8-11(9)14)12(17)15-13(19)16-4-6-18-7-5-16/h2-3,8H,4-7H2,1H3,(H,15,17,19). The molecule has 0 atom stereocenters. The number of morpholine rings is 1. The summed E-state index contributed by atoms with van der Waals surface area (Å²) in [6, 6.07) is 5.62. The van der Waals surface area contributed by atoms with Crippen LogP contribution in [0, 0.1) is 10.5 Å². The summed E-state index contributed by atoms with van der Waals surface area (Å²) >= 11 is 7.47. The van der Waals surface area contributed by atoms with E-state index in [1.807, 2.05) is 30.0 Å². The predicted molar refractivity (Wildman–Crippen MR) is 86.4 cm³/mol. The molecule has 0 saturated carbocycles. The summed E-state index contributed by atoms with van der Waals surface area (Å²) < 4.78 is 6.33. The monoisotopic (exact) mass is 390 g/mol. The number of nitrogens with one attached hydrogen (secondary N) is 1. The van der Waals surface area contributed by atoms with Crippen LogP contribution >= 0.6 is 34.8 Å². The largest absolute Gasteiger partial charge is 0.378 e. The fraction of sp³-hybridized carbons (Fsp3) is 0.385. The first-order valence-corrected chi connectivity index (χ1v) is 7.51. The Kier molecular flexibility index (Phi) is 5.12. The number of hydrogen-bond acceptors (Lipinski definition) is 3. The molecule has 1 aromatic rings. The van der Waals surface area contributed by atoms with Crippen molar-refractivity contribution < 1.29 is 9.53 Å². The van der Waals surface area contributed by atoms with Gasteiger partial charge >= 0.3 is 0 Å². The zero-order valence-corrected chi connectivity index (χ0v) is 13.6. The van der Waals surface area contributed by atoms with Crippen LogP contribution < -0.4 is 5.32 Å². The molecule has 1 heterocycles. The molecular formula is C13H15IN2O2S. The van der Waals surface area contributed by atoms with E-state index in [4.69, 9.17) is 17.0 Å². The quantitative estimate of drug-likeness (QED) is 0.588. The molecule has 4 nitrogen and oxygen atoms in total. The van der Waals surface area contributed by atoms with Gasteiger partial charge in [0.05, 0.1) is 13.2 Å². The third kappa shape index (κ3) is 3.87. The van der Waals surface area contributed by atoms with Crippen LogP contribution in [0.2, 0.25) is 0 Å². The van der Waals surface area contributed by atoms with Gasteiger partial charge in [-0.25, -0.2) is 0 Å². The van der Waals surface area contributed by atoms with Gasteiger partial charge in [-0.15, -0.1) is 0 Å². The molecule has 102 valence electrons. The van der Waals surface area contributed by atoms with E-state index in [1.165, 1.54) is 0 Å². The zero-order chi connectivity index (χ0) is 13.8. The van der Waals surface area contributed by atoms with Crippen molar-refractivity contribution in [3.05, 3.63) is 32.9 Å². The number of nitrogens with zero attached hydrogens (tertiary/aromatic N) is 1. The molecule has 1 fully saturated rings. The summed E-state index contributed by atoms with van der Waals surface area (Å²) in [6.45, 7) is 4.77. The molecule has 0 radical (unpaired) electrons. The first-order valence-electron chi connectivity index (χ1n) is 6.02. The van der Waals surface area contributed by atoms with Gasteiger partial charge in [-0.2, -0.15) is 0 Å². The Morgan fingerprint density at radius 1 is 1.42 bits per heavy atom. The fourth-order valence-corrected chi connectivity index (χ4v) is 2.54. The number of rotatable bonds is 1. The highest BCUT2D eigenvalue weighted by Crippen LogP contribution is 2.13. The van der Waals surface area contributed by atoms with Gasteiger partial charge in [-0.05, 0) is 59.4 Å². The predicted octanol–water partition coefficient (Wildman–Crippen LogP) is 1.95. The van der Waals surface area contributed by atoms with E-state index in [2.05, 4.69) is 27.9 Å². The second-order valence-electron chi connectivity index (χ2n) is 4.32. The number of thiocarbonyl (C=S) groups is 1. The minimum Gasteiger partial charge on any atom is -0.378 e. The Bertz CT molecular complexity index is 501. The number of hydrogen-bond donors (Lipinski definition) is 1. The maximum atomic E-state index is 12.1. The zero-order valence-electron chi connectivity index (χ0n) is 10.6. The van der Waals surface area contributed by atoms with Gasteiger partial charge in [0.15, 0.2) is 5.11 Å². The van der Waals surface area contributed by atoms with Crippen molar-refractivity contribution in [3.8, 4) is 0 Å². The SMILES string of the molecule is Cc1ccc(C(=O)NC(=S)N2CCOCC2)cc1I. The number of aryl methyl sites for hydroxylation is 1. The molecule has 19 heavy (non-hydrogen) atoms. The maximum absolute atomic E-state index is 12.1. The molecule has 0 unspecified atom stereocenters. The van der Waals surface area contributed by atoms with E-state index in [0.29, 0.717) is 23.9 Å². The second kappa shape index (κ2) is 6.62. The van der Waals surface area contributed by atoms with Gasteiger partial charge in [0.25, 0.3) is 5.91 Å². The lowest BCUT2D eigenvalue weighted by Gasteiger charge is -2.28. The molecule has 2 rings (SSSR count). The molecule has 1 amide bonds. The summed E-state index contributed by atoms with van der Waals surface area (Å²) in [4.78, 5) is 14.1. The van der Waals surface area contributed by atoms with E-state index in [0.717, 1.165) is 22.2 Å². The number of ether oxygens (including phenoxy) is 1. The summed E-state index contributed by atoms with van der Waals surface area (Å²) in [6.07, 6.45) is 0.